The van der Waals surface area contributed by atoms with Crippen LogP contribution in [0, 0.1) is 0 Å². The van der Waals surface area contributed by atoms with Crippen molar-refractivity contribution >= 4 is 17.3 Å². The molecule has 5 nitrogen and oxygen atoms in total. The van der Waals surface area contributed by atoms with Gasteiger partial charge in [0.05, 0.1) is 33.3 Å². The molecule has 5 heteroatoms. The molecule has 1 saturated heterocycles. The molecule has 28 heavy (non-hydrogen) atoms. The summed E-state index contributed by atoms with van der Waals surface area (Å²) in [5.41, 5.74) is 3.44. The zero-order valence-electron chi connectivity index (χ0n) is 17.0. The predicted octanol–water partition coefficient (Wildman–Crippen LogP) is 2.38. The summed E-state index contributed by atoms with van der Waals surface area (Å²) < 4.78 is 5.22. The number of carbonyl (C=O) groups is 1. The molecule has 150 valence electrons. The Morgan fingerprint density at radius 3 is 2.36 bits per heavy atom. The van der Waals surface area contributed by atoms with Crippen LogP contribution in [0.15, 0.2) is 48.5 Å². The molecule has 0 bridgehead atoms. The van der Waals surface area contributed by atoms with Gasteiger partial charge in [-0.2, -0.15) is 0 Å². The Morgan fingerprint density at radius 2 is 1.75 bits per heavy atom. The van der Waals surface area contributed by atoms with Gasteiger partial charge in [0.25, 0.3) is 5.91 Å². The van der Waals surface area contributed by atoms with E-state index in [0.29, 0.717) is 6.54 Å². The molecule has 0 aromatic heterocycles. The first-order chi connectivity index (χ1) is 13.7. The SMILES string of the molecule is CCCCc1ccc(NC(=O)C[NH+]2CCN(c3ccc(OC)cc3)CC2)cc1. The van der Waals surface area contributed by atoms with Crippen molar-refractivity contribution in [1.29, 1.82) is 0 Å². The number of anilines is 2. The van der Waals surface area contributed by atoms with E-state index in [1.54, 1.807) is 7.11 Å². The number of carbonyl (C=O) groups excluding carboxylic acids is 1. The normalized spacial score (nSPS) is 14.7. The van der Waals surface area contributed by atoms with Gasteiger partial charge in [0.1, 0.15) is 5.75 Å². The lowest BCUT2D eigenvalue weighted by Crippen LogP contribution is -3.15. The number of unbranched alkanes of at least 4 members (excludes halogenated alkanes) is 1. The number of hydrogen-bond acceptors (Lipinski definition) is 3. The maximum absolute atomic E-state index is 12.4. The number of quaternary nitrogens is 1. The number of rotatable bonds is 8. The number of amides is 1. The molecular weight excluding hydrogens is 350 g/mol. The first kappa shape index (κ1) is 20.2. The summed E-state index contributed by atoms with van der Waals surface area (Å²) in [7, 11) is 1.68. The molecule has 3 rings (SSSR count). The van der Waals surface area contributed by atoms with Gasteiger partial charge < -0.3 is 19.9 Å². The van der Waals surface area contributed by atoms with Crippen molar-refractivity contribution < 1.29 is 14.4 Å². The number of ether oxygens (including phenoxy) is 1. The predicted molar refractivity (Wildman–Crippen MR) is 114 cm³/mol. The van der Waals surface area contributed by atoms with E-state index in [1.807, 2.05) is 24.3 Å². The topological polar surface area (TPSA) is 46.0 Å². The lowest BCUT2D eigenvalue weighted by Gasteiger charge is -2.33. The monoisotopic (exact) mass is 382 g/mol. The molecule has 0 unspecified atom stereocenters. The van der Waals surface area contributed by atoms with Crippen LogP contribution >= 0.6 is 0 Å². The van der Waals surface area contributed by atoms with Crippen LogP contribution in [-0.4, -0.2) is 45.7 Å². The van der Waals surface area contributed by atoms with E-state index in [9.17, 15) is 4.79 Å². The third-order valence-electron chi connectivity index (χ3n) is 5.38. The molecule has 1 aliphatic heterocycles. The van der Waals surface area contributed by atoms with E-state index in [4.69, 9.17) is 4.74 Å². The van der Waals surface area contributed by atoms with E-state index >= 15 is 0 Å². The molecule has 1 amide bonds. The van der Waals surface area contributed by atoms with Gasteiger partial charge in [-0.15, -0.1) is 0 Å². The summed E-state index contributed by atoms with van der Waals surface area (Å²) in [6, 6.07) is 16.4. The van der Waals surface area contributed by atoms with Crippen LogP contribution in [0.1, 0.15) is 25.3 Å². The molecule has 2 aromatic carbocycles. The Balaban J connectivity index is 1.43. The summed E-state index contributed by atoms with van der Waals surface area (Å²) in [5.74, 6) is 0.970. The lowest BCUT2D eigenvalue weighted by atomic mass is 10.1. The molecular formula is C23H32N3O2+. The van der Waals surface area contributed by atoms with Crippen molar-refractivity contribution in [2.24, 2.45) is 0 Å². The molecule has 0 atom stereocenters. The smallest absolute Gasteiger partial charge is 0.279 e. The van der Waals surface area contributed by atoms with Crippen molar-refractivity contribution in [2.45, 2.75) is 26.2 Å². The molecule has 0 aliphatic carbocycles. The second-order valence-corrected chi connectivity index (χ2v) is 7.46. The number of piperazine rings is 1. The zero-order valence-corrected chi connectivity index (χ0v) is 17.0. The van der Waals surface area contributed by atoms with Gasteiger partial charge in [-0.1, -0.05) is 25.5 Å². The summed E-state index contributed by atoms with van der Waals surface area (Å²) in [5, 5.41) is 3.04. The second-order valence-electron chi connectivity index (χ2n) is 7.46. The van der Waals surface area contributed by atoms with E-state index in [-0.39, 0.29) is 5.91 Å². The number of aryl methyl sites for hydroxylation is 1. The number of benzene rings is 2. The number of methoxy groups -OCH3 is 1. The van der Waals surface area contributed by atoms with Crippen LogP contribution < -0.4 is 19.9 Å². The fourth-order valence-electron chi connectivity index (χ4n) is 3.62. The number of nitrogens with zero attached hydrogens (tertiary/aromatic N) is 1. The van der Waals surface area contributed by atoms with Crippen molar-refractivity contribution in [3.8, 4) is 5.75 Å². The van der Waals surface area contributed by atoms with Crippen molar-refractivity contribution in [3.05, 3.63) is 54.1 Å². The Labute approximate surface area is 168 Å². The average Bonchev–Trinajstić information content (AvgIpc) is 2.74. The quantitative estimate of drug-likeness (QED) is 0.737. The highest BCUT2D eigenvalue weighted by Crippen LogP contribution is 2.19. The minimum atomic E-state index is 0.0919. The Hall–Kier alpha value is -2.53. The van der Waals surface area contributed by atoms with Crippen LogP contribution in [0.3, 0.4) is 0 Å². The first-order valence-corrected chi connectivity index (χ1v) is 10.3. The number of nitrogens with one attached hydrogen (secondary N) is 2. The third kappa shape index (κ3) is 5.73. The van der Waals surface area contributed by atoms with Gasteiger partial charge in [0.2, 0.25) is 0 Å². The highest BCUT2D eigenvalue weighted by atomic mass is 16.5. The third-order valence-corrected chi connectivity index (χ3v) is 5.38. The highest BCUT2D eigenvalue weighted by molar-refractivity contribution is 5.91. The first-order valence-electron chi connectivity index (χ1n) is 10.3. The highest BCUT2D eigenvalue weighted by Gasteiger charge is 2.22. The summed E-state index contributed by atoms with van der Waals surface area (Å²) >= 11 is 0. The van der Waals surface area contributed by atoms with Crippen molar-refractivity contribution in [3.63, 3.8) is 0 Å². The summed E-state index contributed by atoms with van der Waals surface area (Å²) in [6.45, 7) is 6.58. The maximum Gasteiger partial charge on any atom is 0.279 e. The molecule has 0 saturated carbocycles. The molecule has 0 spiro atoms. The Kier molecular flexibility index (Phi) is 7.31. The van der Waals surface area contributed by atoms with Crippen LogP contribution in [0.5, 0.6) is 5.75 Å². The average molecular weight is 383 g/mol. The Bertz CT molecular complexity index is 735. The van der Waals surface area contributed by atoms with E-state index in [2.05, 4.69) is 41.4 Å². The van der Waals surface area contributed by atoms with Gasteiger partial charge >= 0.3 is 0 Å². The zero-order chi connectivity index (χ0) is 19.8. The molecule has 1 heterocycles. The van der Waals surface area contributed by atoms with Crippen molar-refractivity contribution in [2.75, 3.05) is 50.1 Å². The molecule has 1 aliphatic rings. The molecule has 0 radical (unpaired) electrons. The summed E-state index contributed by atoms with van der Waals surface area (Å²) in [6.07, 6.45) is 3.51. The van der Waals surface area contributed by atoms with Gasteiger partial charge in [0.15, 0.2) is 6.54 Å². The van der Waals surface area contributed by atoms with Gasteiger partial charge in [-0.05, 0) is 54.8 Å². The van der Waals surface area contributed by atoms with Crippen LogP contribution in [-0.2, 0) is 11.2 Å². The minimum Gasteiger partial charge on any atom is -0.497 e. The van der Waals surface area contributed by atoms with Crippen LogP contribution in [0.2, 0.25) is 0 Å². The van der Waals surface area contributed by atoms with E-state index in [0.717, 1.165) is 44.0 Å². The van der Waals surface area contributed by atoms with Crippen LogP contribution in [0.4, 0.5) is 11.4 Å². The van der Waals surface area contributed by atoms with Gasteiger partial charge in [-0.25, -0.2) is 0 Å². The van der Waals surface area contributed by atoms with E-state index < -0.39 is 0 Å². The second kappa shape index (κ2) is 10.1. The molecule has 1 fully saturated rings. The number of hydrogen-bond donors (Lipinski definition) is 2. The standard InChI is InChI=1S/C23H31N3O2/c1-3-4-5-19-6-8-20(9-7-19)24-23(27)18-25-14-16-26(17-15-25)21-10-12-22(28-2)13-11-21/h6-13H,3-5,14-18H2,1-2H3,(H,24,27)/p+1. The largest absolute Gasteiger partial charge is 0.497 e. The minimum absolute atomic E-state index is 0.0919. The Morgan fingerprint density at radius 1 is 1.07 bits per heavy atom. The van der Waals surface area contributed by atoms with Crippen molar-refractivity contribution in [1.82, 2.24) is 0 Å². The van der Waals surface area contributed by atoms with Gasteiger partial charge in [0, 0.05) is 11.4 Å². The lowest BCUT2D eigenvalue weighted by molar-refractivity contribution is -0.892. The fraction of sp³-hybridized carbons (Fsp3) is 0.435. The fourth-order valence-corrected chi connectivity index (χ4v) is 3.62. The molecule has 2 aromatic rings. The molecule has 2 N–H and O–H groups in total. The van der Waals surface area contributed by atoms with Gasteiger partial charge in [-0.3, -0.25) is 4.79 Å². The van der Waals surface area contributed by atoms with E-state index in [1.165, 1.54) is 29.0 Å². The maximum atomic E-state index is 12.4. The summed E-state index contributed by atoms with van der Waals surface area (Å²) in [4.78, 5) is 16.1. The van der Waals surface area contributed by atoms with Crippen LogP contribution in [0.25, 0.3) is 0 Å².